The minimum atomic E-state index is -2.69. The Bertz CT molecular complexity index is 263. The predicted molar refractivity (Wildman–Crippen MR) is 109 cm³/mol. The summed E-state index contributed by atoms with van der Waals surface area (Å²) in [5.41, 5.74) is 1.75. The van der Waals surface area contributed by atoms with E-state index in [-0.39, 0.29) is 0 Å². The quantitative estimate of drug-likeness (QED) is 0.486. The Morgan fingerprint density at radius 2 is 1.00 bits per heavy atom. The molecule has 0 aliphatic carbocycles. The molecule has 0 amide bonds. The van der Waals surface area contributed by atoms with Crippen molar-refractivity contribution in [3.63, 3.8) is 0 Å². The molecular weight excluding hydrogens is 336 g/mol. The summed E-state index contributed by atoms with van der Waals surface area (Å²) in [6.45, 7) is 23.7. The van der Waals surface area contributed by atoms with E-state index < -0.39 is 8.80 Å². The summed E-state index contributed by atoms with van der Waals surface area (Å²) in [4.78, 5) is 0. The minimum absolute atomic E-state index is 0.460. The SMILES string of the molecule is C=C[Si](OCC(C)C)(OCC(C)C)OCC(C)C.CC(C)CO[SiH3]. The molecule has 4 nitrogen and oxygen atoms in total. The van der Waals surface area contributed by atoms with Gasteiger partial charge in [0.2, 0.25) is 0 Å². The molecule has 0 aliphatic heterocycles. The van der Waals surface area contributed by atoms with Gasteiger partial charge in [0.25, 0.3) is 0 Å². The van der Waals surface area contributed by atoms with E-state index in [2.05, 4.69) is 62.0 Å². The molecule has 0 aromatic carbocycles. The Labute approximate surface area is 155 Å². The lowest BCUT2D eigenvalue weighted by Gasteiger charge is -2.29. The lowest BCUT2D eigenvalue weighted by Crippen LogP contribution is -2.46. The van der Waals surface area contributed by atoms with Crippen LogP contribution in [0.25, 0.3) is 0 Å². The first-order chi connectivity index (χ1) is 11.1. The molecule has 0 atom stereocenters. The summed E-state index contributed by atoms with van der Waals surface area (Å²) in [5, 5.41) is 0. The second-order valence-corrected chi connectivity index (χ2v) is 10.8. The van der Waals surface area contributed by atoms with E-state index in [1.165, 1.54) is 0 Å². The summed E-state index contributed by atoms with van der Waals surface area (Å²) in [6.07, 6.45) is 0. The molecule has 0 spiro atoms. The van der Waals surface area contributed by atoms with Crippen molar-refractivity contribution in [3.05, 3.63) is 12.3 Å². The summed E-state index contributed by atoms with van der Waals surface area (Å²) in [6, 6.07) is 0. The fraction of sp³-hybridized carbons (Fsp3) is 0.889. The van der Waals surface area contributed by atoms with E-state index >= 15 is 0 Å². The molecular formula is C18H42O4Si2. The molecule has 0 unspecified atom stereocenters. The van der Waals surface area contributed by atoms with Crippen LogP contribution in [0.15, 0.2) is 12.3 Å². The monoisotopic (exact) mass is 378 g/mol. The first-order valence-corrected chi connectivity index (χ1v) is 11.7. The van der Waals surface area contributed by atoms with Crippen molar-refractivity contribution in [2.24, 2.45) is 23.7 Å². The lowest BCUT2D eigenvalue weighted by atomic mass is 10.2. The van der Waals surface area contributed by atoms with E-state index in [9.17, 15) is 0 Å². The van der Waals surface area contributed by atoms with E-state index in [0.717, 1.165) is 17.1 Å². The molecule has 146 valence electrons. The molecule has 24 heavy (non-hydrogen) atoms. The highest BCUT2D eigenvalue weighted by Gasteiger charge is 2.38. The lowest BCUT2D eigenvalue weighted by molar-refractivity contribution is 0.0481. The van der Waals surface area contributed by atoms with Crippen molar-refractivity contribution in [2.45, 2.75) is 55.4 Å². The Balaban J connectivity index is 0. The zero-order valence-electron chi connectivity index (χ0n) is 17.6. The predicted octanol–water partition coefficient (Wildman–Crippen LogP) is 3.61. The standard InChI is InChI=1S/C14H30O3Si.C4H12OSi/c1-8-18(15-9-12(2)3,16-10-13(4)5)17-11-14(6)7;1-4(2)3-5-6/h8,12-14H,1,9-11H2,2-7H3;4H,3H2,1-2,6H3. The summed E-state index contributed by atoms with van der Waals surface area (Å²) in [5.74, 6) is 2.09. The third-order valence-electron chi connectivity index (χ3n) is 2.60. The van der Waals surface area contributed by atoms with Crippen LogP contribution in [0.4, 0.5) is 0 Å². The molecule has 0 N–H and O–H groups in total. The fourth-order valence-electron chi connectivity index (χ4n) is 1.48. The number of rotatable bonds is 12. The molecule has 0 radical (unpaired) electrons. The maximum atomic E-state index is 5.92. The molecule has 0 saturated carbocycles. The van der Waals surface area contributed by atoms with Gasteiger partial charge in [-0.05, 0) is 29.4 Å². The number of hydrogen-bond acceptors (Lipinski definition) is 4. The van der Waals surface area contributed by atoms with E-state index in [1.54, 1.807) is 5.70 Å². The molecule has 0 rings (SSSR count). The third-order valence-corrected chi connectivity index (χ3v) is 5.14. The van der Waals surface area contributed by atoms with Gasteiger partial charge in [0.15, 0.2) is 0 Å². The normalized spacial score (nSPS) is 12.2. The third kappa shape index (κ3) is 16.9. The van der Waals surface area contributed by atoms with Crippen molar-refractivity contribution in [3.8, 4) is 0 Å². The fourth-order valence-corrected chi connectivity index (χ4v) is 4.45. The van der Waals surface area contributed by atoms with E-state index in [0.29, 0.717) is 43.5 Å². The molecule has 0 saturated heterocycles. The van der Waals surface area contributed by atoms with Crippen molar-refractivity contribution in [1.82, 2.24) is 0 Å². The van der Waals surface area contributed by atoms with Gasteiger partial charge in [0.1, 0.15) is 10.5 Å². The van der Waals surface area contributed by atoms with Crippen LogP contribution in [-0.2, 0) is 17.7 Å². The minimum Gasteiger partial charge on any atom is -0.428 e. The van der Waals surface area contributed by atoms with Gasteiger partial charge in [0, 0.05) is 26.4 Å². The average Bonchev–Trinajstić information content (AvgIpc) is 2.47. The van der Waals surface area contributed by atoms with Gasteiger partial charge < -0.3 is 17.7 Å². The molecule has 0 bridgehead atoms. The summed E-state index contributed by atoms with van der Waals surface area (Å²) < 4.78 is 22.7. The van der Waals surface area contributed by atoms with Gasteiger partial charge in [-0.1, -0.05) is 62.0 Å². The topological polar surface area (TPSA) is 36.9 Å². The van der Waals surface area contributed by atoms with Crippen LogP contribution >= 0.6 is 0 Å². The molecule has 0 aliphatic rings. The molecule has 0 aromatic heterocycles. The maximum absolute atomic E-state index is 5.92. The van der Waals surface area contributed by atoms with E-state index in [4.69, 9.17) is 17.7 Å². The van der Waals surface area contributed by atoms with E-state index in [1.807, 2.05) is 0 Å². The van der Waals surface area contributed by atoms with Crippen LogP contribution in [0.2, 0.25) is 0 Å². The molecule has 0 heterocycles. The first-order valence-electron chi connectivity index (χ1n) is 9.12. The van der Waals surface area contributed by atoms with Gasteiger partial charge in [-0.2, -0.15) is 0 Å². The van der Waals surface area contributed by atoms with Crippen LogP contribution in [-0.4, -0.2) is 45.7 Å². The average molecular weight is 379 g/mol. The Morgan fingerprint density at radius 1 is 0.708 bits per heavy atom. The first kappa shape index (κ1) is 26.2. The van der Waals surface area contributed by atoms with Gasteiger partial charge >= 0.3 is 8.80 Å². The maximum Gasteiger partial charge on any atom is 0.529 e. The Hall–Kier alpha value is 0.0138. The highest BCUT2D eigenvalue weighted by molar-refractivity contribution is 6.66. The van der Waals surface area contributed by atoms with Crippen molar-refractivity contribution < 1.29 is 17.7 Å². The highest BCUT2D eigenvalue weighted by atomic mass is 28.4. The highest BCUT2D eigenvalue weighted by Crippen LogP contribution is 2.16. The number of hydrogen-bond donors (Lipinski definition) is 0. The van der Waals surface area contributed by atoms with Crippen LogP contribution in [0.5, 0.6) is 0 Å². The van der Waals surface area contributed by atoms with Crippen LogP contribution in [0.3, 0.4) is 0 Å². The van der Waals surface area contributed by atoms with Crippen molar-refractivity contribution >= 4 is 19.3 Å². The van der Waals surface area contributed by atoms with Gasteiger partial charge in [-0.3, -0.25) is 0 Å². The largest absolute Gasteiger partial charge is 0.529 e. The summed E-state index contributed by atoms with van der Waals surface area (Å²) >= 11 is 0. The molecule has 0 aromatic rings. The second-order valence-electron chi connectivity index (χ2n) is 7.77. The van der Waals surface area contributed by atoms with Crippen molar-refractivity contribution in [1.29, 1.82) is 0 Å². The zero-order chi connectivity index (χ0) is 19.2. The molecule has 0 fully saturated rings. The smallest absolute Gasteiger partial charge is 0.428 e. The second kappa shape index (κ2) is 15.3. The van der Waals surface area contributed by atoms with Crippen LogP contribution < -0.4 is 0 Å². The Morgan fingerprint density at radius 3 is 1.12 bits per heavy atom. The van der Waals surface area contributed by atoms with Gasteiger partial charge in [0.05, 0.1) is 0 Å². The van der Waals surface area contributed by atoms with Crippen molar-refractivity contribution in [2.75, 3.05) is 26.4 Å². The van der Waals surface area contributed by atoms with Gasteiger partial charge in [-0.25, -0.2) is 0 Å². The zero-order valence-corrected chi connectivity index (χ0v) is 20.6. The summed E-state index contributed by atoms with van der Waals surface area (Å²) in [7, 11) is -1.81. The van der Waals surface area contributed by atoms with Crippen LogP contribution in [0.1, 0.15) is 55.4 Å². The van der Waals surface area contributed by atoms with Gasteiger partial charge in [-0.15, -0.1) is 0 Å². The van der Waals surface area contributed by atoms with Crippen LogP contribution in [0, 0.1) is 23.7 Å². The Kier molecular flexibility index (Phi) is 16.7. The molecule has 6 heteroatoms.